The molecule has 6 nitrogen and oxygen atoms in total. The number of aryl methyl sites for hydroxylation is 1. The Morgan fingerprint density at radius 1 is 1.44 bits per heavy atom. The van der Waals surface area contributed by atoms with E-state index in [4.69, 9.17) is 5.73 Å². The van der Waals surface area contributed by atoms with Crippen molar-refractivity contribution in [1.82, 2.24) is 10.2 Å². The second-order valence-corrected chi connectivity index (χ2v) is 6.23. The molecule has 4 N–H and O–H groups in total. The molecule has 0 unspecified atom stereocenters. The number of anilines is 2. The van der Waals surface area contributed by atoms with Crippen molar-refractivity contribution in [3.8, 4) is 0 Å². The molecule has 0 spiro atoms. The molecule has 8 heteroatoms. The van der Waals surface area contributed by atoms with Gasteiger partial charge in [0, 0.05) is 15.7 Å². The number of sulfonamides is 1. The van der Waals surface area contributed by atoms with Gasteiger partial charge in [-0.15, -0.1) is 0 Å². The molecule has 0 saturated carbocycles. The molecule has 0 bridgehead atoms. The molecule has 0 atom stereocenters. The van der Waals surface area contributed by atoms with E-state index < -0.39 is 10.0 Å². The minimum atomic E-state index is -3.71. The minimum Gasteiger partial charge on any atom is -0.399 e. The highest BCUT2D eigenvalue weighted by Gasteiger charge is 2.19. The topological polar surface area (TPSA) is 101 Å². The van der Waals surface area contributed by atoms with Crippen LogP contribution in [0.1, 0.15) is 5.56 Å². The number of nitrogen functional groups attached to an aromatic ring is 1. The number of aromatic nitrogens is 2. The van der Waals surface area contributed by atoms with Crippen LogP contribution in [0.3, 0.4) is 0 Å². The summed E-state index contributed by atoms with van der Waals surface area (Å²) < 4.78 is 27.2. The molecular weight excluding hydrogens is 320 g/mol. The van der Waals surface area contributed by atoms with E-state index in [2.05, 4.69) is 30.8 Å². The Balaban J connectivity index is 2.43. The molecule has 1 aromatic carbocycles. The molecule has 2 rings (SSSR count). The van der Waals surface area contributed by atoms with E-state index >= 15 is 0 Å². The Morgan fingerprint density at radius 2 is 2.17 bits per heavy atom. The minimum absolute atomic E-state index is 0.0801. The maximum Gasteiger partial charge on any atom is 0.264 e. The number of hydrogen-bond acceptors (Lipinski definition) is 4. The van der Waals surface area contributed by atoms with Gasteiger partial charge in [0.25, 0.3) is 10.0 Å². The standard InChI is InChI=1S/C10H11BrN4O2S/c1-6-5-13-14-10(6)15-18(16,17)9-4-7(12)2-3-8(9)11/h2-5H,12H2,1H3,(H2,13,14,15). The van der Waals surface area contributed by atoms with E-state index in [1.165, 1.54) is 12.3 Å². The number of benzene rings is 1. The lowest BCUT2D eigenvalue weighted by molar-refractivity contribution is 0.600. The van der Waals surface area contributed by atoms with Crippen molar-refractivity contribution in [2.45, 2.75) is 11.8 Å². The van der Waals surface area contributed by atoms with E-state index in [0.717, 1.165) is 0 Å². The van der Waals surface area contributed by atoms with Crippen LogP contribution in [0.5, 0.6) is 0 Å². The third-order valence-corrected chi connectivity index (χ3v) is 4.65. The molecule has 0 fully saturated rings. The largest absolute Gasteiger partial charge is 0.399 e. The van der Waals surface area contributed by atoms with Crippen LogP contribution >= 0.6 is 15.9 Å². The molecular formula is C10H11BrN4O2S. The number of nitrogens with one attached hydrogen (secondary N) is 2. The normalized spacial score (nSPS) is 11.4. The number of halogens is 1. The van der Waals surface area contributed by atoms with Crippen LogP contribution < -0.4 is 10.5 Å². The van der Waals surface area contributed by atoms with Crippen LogP contribution in [0.15, 0.2) is 33.8 Å². The Bertz CT molecular complexity index is 681. The van der Waals surface area contributed by atoms with Gasteiger partial charge in [-0.25, -0.2) is 8.42 Å². The summed E-state index contributed by atoms with van der Waals surface area (Å²) in [5.41, 5.74) is 6.68. The number of hydrogen-bond donors (Lipinski definition) is 3. The van der Waals surface area contributed by atoms with Crippen LogP contribution in [-0.2, 0) is 10.0 Å². The van der Waals surface area contributed by atoms with Crippen LogP contribution in [0.25, 0.3) is 0 Å². The van der Waals surface area contributed by atoms with E-state index in [9.17, 15) is 8.42 Å². The summed E-state index contributed by atoms with van der Waals surface area (Å²) in [5.74, 6) is 0.337. The van der Waals surface area contributed by atoms with E-state index in [0.29, 0.717) is 21.5 Å². The molecule has 0 aliphatic rings. The highest BCUT2D eigenvalue weighted by molar-refractivity contribution is 9.10. The zero-order valence-corrected chi connectivity index (χ0v) is 11.8. The number of aromatic amines is 1. The van der Waals surface area contributed by atoms with Crippen molar-refractivity contribution in [3.05, 3.63) is 34.4 Å². The van der Waals surface area contributed by atoms with Gasteiger partial charge in [-0.05, 0) is 41.1 Å². The maximum absolute atomic E-state index is 12.2. The lowest BCUT2D eigenvalue weighted by Gasteiger charge is -2.09. The molecule has 96 valence electrons. The van der Waals surface area contributed by atoms with Gasteiger partial charge < -0.3 is 5.73 Å². The van der Waals surface area contributed by atoms with E-state index in [-0.39, 0.29) is 4.90 Å². The maximum atomic E-state index is 12.2. The first-order valence-electron chi connectivity index (χ1n) is 4.98. The third-order valence-electron chi connectivity index (χ3n) is 2.31. The van der Waals surface area contributed by atoms with Crippen LogP contribution in [0, 0.1) is 6.92 Å². The molecule has 0 aliphatic carbocycles. The molecule has 0 radical (unpaired) electrons. The second kappa shape index (κ2) is 4.62. The second-order valence-electron chi connectivity index (χ2n) is 3.72. The molecule has 0 aliphatic heterocycles. The first-order valence-corrected chi connectivity index (χ1v) is 7.25. The van der Waals surface area contributed by atoms with Gasteiger partial charge in [0.1, 0.15) is 10.7 Å². The van der Waals surface area contributed by atoms with Gasteiger partial charge in [-0.2, -0.15) is 5.10 Å². The van der Waals surface area contributed by atoms with Gasteiger partial charge >= 0.3 is 0 Å². The van der Waals surface area contributed by atoms with Gasteiger partial charge in [-0.3, -0.25) is 9.82 Å². The molecule has 18 heavy (non-hydrogen) atoms. The summed E-state index contributed by atoms with van der Waals surface area (Å²) in [6.45, 7) is 1.75. The van der Waals surface area contributed by atoms with Crippen molar-refractivity contribution >= 4 is 37.5 Å². The lowest BCUT2D eigenvalue weighted by Crippen LogP contribution is -2.14. The number of nitrogens with two attached hydrogens (primary N) is 1. The zero-order chi connectivity index (χ0) is 13.3. The summed E-state index contributed by atoms with van der Waals surface area (Å²) in [6.07, 6.45) is 1.53. The summed E-state index contributed by atoms with van der Waals surface area (Å²) in [7, 11) is -3.71. The number of H-pyrrole nitrogens is 1. The first kappa shape index (κ1) is 12.9. The summed E-state index contributed by atoms with van der Waals surface area (Å²) >= 11 is 3.19. The third kappa shape index (κ3) is 2.49. The Kier molecular flexibility index (Phi) is 3.31. The van der Waals surface area contributed by atoms with Gasteiger partial charge in [0.2, 0.25) is 0 Å². The Morgan fingerprint density at radius 3 is 2.78 bits per heavy atom. The Hall–Kier alpha value is -1.54. The fourth-order valence-corrected chi connectivity index (χ4v) is 3.45. The summed E-state index contributed by atoms with van der Waals surface area (Å²) in [4.78, 5) is 0.0801. The number of rotatable bonds is 3. The predicted octanol–water partition coefficient (Wildman–Crippen LogP) is 1.86. The fraction of sp³-hybridized carbons (Fsp3) is 0.100. The summed E-state index contributed by atoms with van der Waals surface area (Å²) in [6, 6.07) is 4.59. The smallest absolute Gasteiger partial charge is 0.264 e. The van der Waals surface area contributed by atoms with Crippen molar-refractivity contribution < 1.29 is 8.42 Å². The van der Waals surface area contributed by atoms with Gasteiger partial charge in [0.15, 0.2) is 0 Å². The zero-order valence-electron chi connectivity index (χ0n) is 9.44. The Labute approximate surface area is 113 Å². The van der Waals surface area contributed by atoms with Crippen molar-refractivity contribution in [1.29, 1.82) is 0 Å². The quantitative estimate of drug-likeness (QED) is 0.747. The lowest BCUT2D eigenvalue weighted by atomic mass is 10.3. The van der Waals surface area contributed by atoms with Crippen molar-refractivity contribution in [3.63, 3.8) is 0 Å². The van der Waals surface area contributed by atoms with Crippen molar-refractivity contribution in [2.24, 2.45) is 0 Å². The monoisotopic (exact) mass is 330 g/mol. The van der Waals surface area contributed by atoms with Crippen LogP contribution in [-0.4, -0.2) is 18.6 Å². The highest BCUT2D eigenvalue weighted by atomic mass is 79.9. The molecule has 0 amide bonds. The predicted molar refractivity (Wildman–Crippen MR) is 72.7 cm³/mol. The summed E-state index contributed by atoms with van der Waals surface area (Å²) in [5, 5.41) is 6.33. The number of nitrogens with zero attached hydrogens (tertiary/aromatic N) is 1. The fourth-order valence-electron chi connectivity index (χ4n) is 1.36. The molecule has 1 aromatic heterocycles. The average molecular weight is 331 g/mol. The first-order chi connectivity index (χ1) is 8.40. The van der Waals surface area contributed by atoms with E-state index in [1.54, 1.807) is 19.1 Å². The van der Waals surface area contributed by atoms with Gasteiger partial charge in [-0.1, -0.05) is 0 Å². The van der Waals surface area contributed by atoms with Crippen molar-refractivity contribution in [2.75, 3.05) is 10.5 Å². The van der Waals surface area contributed by atoms with Crippen LogP contribution in [0.4, 0.5) is 11.5 Å². The SMILES string of the molecule is Cc1cn[nH]c1NS(=O)(=O)c1cc(N)ccc1Br. The van der Waals surface area contributed by atoms with Gasteiger partial charge in [0.05, 0.1) is 6.20 Å². The molecule has 1 heterocycles. The van der Waals surface area contributed by atoms with E-state index in [1.807, 2.05) is 0 Å². The van der Waals surface area contributed by atoms with Crippen LogP contribution in [0.2, 0.25) is 0 Å². The molecule has 0 saturated heterocycles. The average Bonchev–Trinajstić information content (AvgIpc) is 2.67. The molecule has 2 aromatic rings. The highest BCUT2D eigenvalue weighted by Crippen LogP contribution is 2.26.